The first-order valence-electron chi connectivity index (χ1n) is 11.1. The fraction of sp³-hybridized carbons (Fsp3) is 0.565. The zero-order chi connectivity index (χ0) is 24.6. The molecule has 12 heteroatoms. The highest BCUT2D eigenvalue weighted by Gasteiger charge is 2.32. The van der Waals surface area contributed by atoms with Crippen molar-refractivity contribution in [2.24, 2.45) is 11.7 Å². The Hall–Kier alpha value is -2.40. The van der Waals surface area contributed by atoms with Gasteiger partial charge in [-0.2, -0.15) is 0 Å². The van der Waals surface area contributed by atoms with Gasteiger partial charge in [0.05, 0.1) is 19.4 Å². The lowest BCUT2D eigenvalue weighted by Crippen LogP contribution is -2.54. The molecule has 0 radical (unpaired) electrons. The molecule has 2 aromatic heterocycles. The second-order valence-electron chi connectivity index (χ2n) is 9.26. The number of aromatic nitrogens is 2. The number of nitrogens with two attached hydrogens (primary N) is 1. The second kappa shape index (κ2) is 14.9. The summed E-state index contributed by atoms with van der Waals surface area (Å²) in [6.45, 7) is 10.3. The highest BCUT2D eigenvalue weighted by atomic mass is 35.5. The van der Waals surface area contributed by atoms with Crippen molar-refractivity contribution in [2.75, 3.05) is 31.6 Å². The van der Waals surface area contributed by atoms with Crippen LogP contribution in [0.2, 0.25) is 0 Å². The van der Waals surface area contributed by atoms with Gasteiger partial charge in [0.1, 0.15) is 29.0 Å². The summed E-state index contributed by atoms with van der Waals surface area (Å²) in [7, 11) is 0. The number of carbonyl (C=O) groups is 2. The molecule has 2 aromatic rings. The van der Waals surface area contributed by atoms with Crippen LogP contribution in [0.5, 0.6) is 0 Å². The molecular formula is C23H38Cl2N6O4. The third-order valence-corrected chi connectivity index (χ3v) is 4.84. The molecule has 2 amide bonds. The minimum Gasteiger partial charge on any atom is -0.467 e. The molecule has 0 bridgehead atoms. The van der Waals surface area contributed by atoms with Crippen molar-refractivity contribution in [3.05, 3.63) is 41.7 Å². The van der Waals surface area contributed by atoms with Crippen LogP contribution in [0.1, 0.15) is 56.6 Å². The summed E-state index contributed by atoms with van der Waals surface area (Å²) < 4.78 is 5.39. The number of furan rings is 1. The van der Waals surface area contributed by atoms with E-state index < -0.39 is 17.9 Å². The Labute approximate surface area is 219 Å². The maximum Gasteiger partial charge on any atom is 0.259 e. The van der Waals surface area contributed by atoms with E-state index in [4.69, 9.17) is 15.3 Å². The fourth-order valence-corrected chi connectivity index (χ4v) is 3.19. The summed E-state index contributed by atoms with van der Waals surface area (Å²) in [5.41, 5.74) is 5.81. The van der Waals surface area contributed by atoms with Crippen molar-refractivity contribution in [3.63, 3.8) is 0 Å². The Morgan fingerprint density at radius 2 is 1.94 bits per heavy atom. The van der Waals surface area contributed by atoms with Gasteiger partial charge >= 0.3 is 0 Å². The Kier molecular flexibility index (Phi) is 13.9. The number of halogens is 2. The summed E-state index contributed by atoms with van der Waals surface area (Å²) >= 11 is 0. The van der Waals surface area contributed by atoms with E-state index in [0.717, 1.165) is 0 Å². The molecule has 0 spiro atoms. The van der Waals surface area contributed by atoms with Crippen LogP contribution in [0.15, 0.2) is 29.0 Å². The number of hydrogen-bond acceptors (Lipinski definition) is 8. The summed E-state index contributed by atoms with van der Waals surface area (Å²) in [5.74, 6) is 0.886. The number of hydrogen-bond donors (Lipinski definition) is 4. The Bertz CT molecular complexity index is 919. The molecule has 0 aliphatic rings. The number of aliphatic hydroxyl groups is 1. The minimum atomic E-state index is -0.897. The Morgan fingerprint density at radius 3 is 2.46 bits per heavy atom. The predicted octanol–water partition coefficient (Wildman–Crippen LogP) is 2.36. The maximum absolute atomic E-state index is 13.7. The van der Waals surface area contributed by atoms with Crippen LogP contribution < -0.4 is 16.4 Å². The molecule has 0 aliphatic heterocycles. The first-order valence-corrected chi connectivity index (χ1v) is 11.1. The van der Waals surface area contributed by atoms with E-state index in [2.05, 4.69) is 20.6 Å². The van der Waals surface area contributed by atoms with Crippen molar-refractivity contribution >= 4 is 42.4 Å². The van der Waals surface area contributed by atoms with E-state index in [9.17, 15) is 9.59 Å². The molecular weight excluding hydrogens is 495 g/mol. The van der Waals surface area contributed by atoms with E-state index in [1.54, 1.807) is 12.3 Å². The van der Waals surface area contributed by atoms with Crippen LogP contribution in [-0.4, -0.2) is 64.1 Å². The second-order valence-corrected chi connectivity index (χ2v) is 9.26. The molecule has 2 rings (SSSR count). The lowest BCUT2D eigenvalue weighted by atomic mass is 9.95. The number of nitrogens with one attached hydrogen (secondary N) is 2. The molecule has 0 aliphatic carbocycles. The number of carbonyl (C=O) groups excluding carboxylic acids is 2. The minimum absolute atomic E-state index is 0. The quantitative estimate of drug-likeness (QED) is 0.344. The van der Waals surface area contributed by atoms with Gasteiger partial charge < -0.3 is 30.8 Å². The molecule has 1 atom stereocenters. The van der Waals surface area contributed by atoms with Gasteiger partial charge in [-0.05, 0) is 18.1 Å². The third kappa shape index (κ3) is 9.29. The summed E-state index contributed by atoms with van der Waals surface area (Å²) in [6.07, 6.45) is 3.07. The zero-order valence-corrected chi connectivity index (χ0v) is 22.5. The molecule has 198 valence electrons. The average molecular weight is 534 g/mol. The van der Waals surface area contributed by atoms with Gasteiger partial charge in [-0.15, -0.1) is 24.8 Å². The average Bonchev–Trinajstić information content (AvgIpc) is 3.28. The van der Waals surface area contributed by atoms with Crippen molar-refractivity contribution in [2.45, 2.75) is 52.6 Å². The molecule has 5 N–H and O–H groups in total. The molecule has 0 fully saturated rings. The van der Waals surface area contributed by atoms with E-state index in [0.29, 0.717) is 30.5 Å². The summed E-state index contributed by atoms with van der Waals surface area (Å²) in [5, 5.41) is 14.8. The number of nitrogens with zero attached hydrogens (tertiary/aromatic N) is 3. The highest BCUT2D eigenvalue weighted by molar-refractivity contribution is 6.01. The topological polar surface area (TPSA) is 147 Å². The standard InChI is InChI=1S/C23H36N6O4.2ClH/c1-15(2)14-29(18(11-24)20(31)25-8-9-30)21(32)17-13-27-22(23(3,4)5)28-19(17)26-12-16-7-6-10-33-16;;/h6-7,10,13,15,18,30H,8-9,11-12,14,24H2,1-5H3,(H,25,31)(H,26,27,28);2*1H/t18-;;/m0../s1. The van der Waals surface area contributed by atoms with Crippen LogP contribution in [0.25, 0.3) is 0 Å². The molecule has 35 heavy (non-hydrogen) atoms. The normalized spacial score (nSPS) is 11.8. The van der Waals surface area contributed by atoms with Crippen LogP contribution in [0.4, 0.5) is 5.82 Å². The van der Waals surface area contributed by atoms with E-state index in [1.807, 2.05) is 40.7 Å². The molecule has 0 saturated heterocycles. The van der Waals surface area contributed by atoms with E-state index >= 15 is 0 Å². The first-order chi connectivity index (χ1) is 15.6. The fourth-order valence-electron chi connectivity index (χ4n) is 3.19. The molecule has 0 aromatic carbocycles. The van der Waals surface area contributed by atoms with Crippen LogP contribution in [-0.2, 0) is 16.8 Å². The molecule has 10 nitrogen and oxygen atoms in total. The van der Waals surface area contributed by atoms with Crippen molar-refractivity contribution < 1.29 is 19.1 Å². The summed E-state index contributed by atoms with van der Waals surface area (Å²) in [6, 6.07) is 2.71. The number of rotatable bonds is 11. The molecule has 0 unspecified atom stereocenters. The van der Waals surface area contributed by atoms with Crippen LogP contribution in [0, 0.1) is 5.92 Å². The largest absolute Gasteiger partial charge is 0.467 e. The monoisotopic (exact) mass is 532 g/mol. The Morgan fingerprint density at radius 1 is 1.26 bits per heavy atom. The van der Waals surface area contributed by atoms with Gasteiger partial charge in [-0.3, -0.25) is 9.59 Å². The predicted molar refractivity (Wildman–Crippen MR) is 140 cm³/mol. The zero-order valence-electron chi connectivity index (χ0n) is 20.9. The van der Waals surface area contributed by atoms with Crippen LogP contribution in [0.3, 0.4) is 0 Å². The van der Waals surface area contributed by atoms with Gasteiger partial charge in [-0.25, -0.2) is 9.97 Å². The molecule has 2 heterocycles. The third-order valence-electron chi connectivity index (χ3n) is 4.84. The van der Waals surface area contributed by atoms with E-state index in [-0.39, 0.29) is 61.4 Å². The van der Waals surface area contributed by atoms with Crippen molar-refractivity contribution in [1.29, 1.82) is 0 Å². The highest BCUT2D eigenvalue weighted by Crippen LogP contribution is 2.24. The molecule has 0 saturated carbocycles. The SMILES string of the molecule is CC(C)CN(C(=O)c1cnc(C(C)(C)C)nc1NCc1ccco1)[C@@H](CN)C(=O)NCCO.Cl.Cl. The van der Waals surface area contributed by atoms with Gasteiger partial charge in [0.25, 0.3) is 5.91 Å². The summed E-state index contributed by atoms with van der Waals surface area (Å²) in [4.78, 5) is 36.9. The lowest BCUT2D eigenvalue weighted by molar-refractivity contribution is -0.125. The lowest BCUT2D eigenvalue weighted by Gasteiger charge is -2.32. The van der Waals surface area contributed by atoms with Gasteiger partial charge in [0, 0.05) is 31.2 Å². The number of amides is 2. The van der Waals surface area contributed by atoms with Gasteiger partial charge in [-0.1, -0.05) is 34.6 Å². The number of anilines is 1. The van der Waals surface area contributed by atoms with Crippen molar-refractivity contribution in [3.8, 4) is 0 Å². The smallest absolute Gasteiger partial charge is 0.259 e. The van der Waals surface area contributed by atoms with Gasteiger partial charge in [0.2, 0.25) is 5.91 Å². The van der Waals surface area contributed by atoms with Crippen LogP contribution >= 0.6 is 24.8 Å². The number of aliphatic hydroxyl groups excluding tert-OH is 1. The maximum atomic E-state index is 13.7. The van der Waals surface area contributed by atoms with Gasteiger partial charge in [0.15, 0.2) is 0 Å². The van der Waals surface area contributed by atoms with E-state index in [1.165, 1.54) is 11.1 Å². The first kappa shape index (κ1) is 32.6. The Balaban J connectivity index is 0.00000578. The van der Waals surface area contributed by atoms with Crippen molar-refractivity contribution in [1.82, 2.24) is 20.2 Å².